The minimum atomic E-state index is -0.433. The second-order valence-corrected chi connectivity index (χ2v) is 8.35. The zero-order chi connectivity index (χ0) is 23.0. The summed E-state index contributed by atoms with van der Waals surface area (Å²) in [5, 5.41) is 2.82. The van der Waals surface area contributed by atoms with E-state index in [2.05, 4.69) is 17.4 Å². The molecule has 4 rings (SSSR count). The number of piperidine rings is 1. The molecule has 3 aromatic rings. The molecule has 0 saturated carbocycles. The third-order valence-electron chi connectivity index (χ3n) is 5.99. The largest absolute Gasteiger partial charge is 0.445 e. The summed E-state index contributed by atoms with van der Waals surface area (Å²) < 4.78 is 5.28. The zero-order valence-electron chi connectivity index (χ0n) is 18.6. The second kappa shape index (κ2) is 10.7. The summed E-state index contributed by atoms with van der Waals surface area (Å²) in [6.45, 7) is 2.09. The standard InChI is InChI=1S/C27H29N3O3/c28-25-11-5-10-24(17-25)26(31)30-14-12-22(13-15-30)23-9-4-8-21(16-23)18-29-27(32)33-19-20-6-2-1-3-7-20/h1-11,16-17,22H,12-15,18-19,28H2,(H,29,32). The van der Waals surface area contributed by atoms with E-state index >= 15 is 0 Å². The van der Waals surface area contributed by atoms with Crippen LogP contribution in [-0.4, -0.2) is 30.0 Å². The molecule has 3 N–H and O–H groups in total. The number of carbonyl (C=O) groups excluding carboxylic acids is 2. The number of nitrogens with zero attached hydrogens (tertiary/aromatic N) is 1. The highest BCUT2D eigenvalue weighted by Gasteiger charge is 2.24. The van der Waals surface area contributed by atoms with E-state index in [1.807, 2.05) is 59.5 Å². The van der Waals surface area contributed by atoms with Gasteiger partial charge in [0, 0.05) is 30.9 Å². The maximum atomic E-state index is 12.8. The van der Waals surface area contributed by atoms with Crippen molar-refractivity contribution in [3.05, 3.63) is 101 Å². The number of likely N-dealkylation sites (tertiary alicyclic amines) is 1. The second-order valence-electron chi connectivity index (χ2n) is 8.35. The molecule has 0 atom stereocenters. The molecule has 0 aromatic heterocycles. The van der Waals surface area contributed by atoms with Gasteiger partial charge in [-0.1, -0.05) is 60.7 Å². The highest BCUT2D eigenvalue weighted by atomic mass is 16.5. The average molecular weight is 444 g/mol. The highest BCUT2D eigenvalue weighted by Crippen LogP contribution is 2.29. The van der Waals surface area contributed by atoms with Gasteiger partial charge in [-0.05, 0) is 53.6 Å². The normalized spacial score (nSPS) is 14.0. The lowest BCUT2D eigenvalue weighted by atomic mass is 9.88. The molecule has 1 aliphatic heterocycles. The van der Waals surface area contributed by atoms with Crippen LogP contribution < -0.4 is 11.1 Å². The van der Waals surface area contributed by atoms with Gasteiger partial charge in [-0.3, -0.25) is 4.79 Å². The van der Waals surface area contributed by atoms with Crippen LogP contribution in [0.25, 0.3) is 0 Å². The third-order valence-corrected chi connectivity index (χ3v) is 5.99. The average Bonchev–Trinajstić information content (AvgIpc) is 2.87. The molecule has 0 aliphatic carbocycles. The summed E-state index contributed by atoms with van der Waals surface area (Å²) in [5.74, 6) is 0.424. The lowest BCUT2D eigenvalue weighted by Gasteiger charge is -2.32. The van der Waals surface area contributed by atoms with E-state index in [0.717, 1.165) is 24.0 Å². The minimum absolute atomic E-state index is 0.0349. The van der Waals surface area contributed by atoms with Crippen LogP contribution in [0.5, 0.6) is 0 Å². The number of hydrogen-bond acceptors (Lipinski definition) is 4. The molecular formula is C27H29N3O3. The van der Waals surface area contributed by atoms with Crippen LogP contribution in [-0.2, 0) is 17.9 Å². The van der Waals surface area contributed by atoms with Crippen LogP contribution in [0.4, 0.5) is 10.5 Å². The van der Waals surface area contributed by atoms with E-state index in [1.165, 1.54) is 5.56 Å². The molecule has 1 heterocycles. The summed E-state index contributed by atoms with van der Waals surface area (Å²) in [6.07, 6.45) is 1.38. The molecular weight excluding hydrogens is 414 g/mol. The van der Waals surface area contributed by atoms with E-state index in [1.54, 1.807) is 12.1 Å². The van der Waals surface area contributed by atoms with E-state index in [0.29, 0.717) is 36.8 Å². The van der Waals surface area contributed by atoms with Crippen molar-refractivity contribution >= 4 is 17.7 Å². The summed E-state index contributed by atoms with van der Waals surface area (Å²) >= 11 is 0. The maximum absolute atomic E-state index is 12.8. The van der Waals surface area contributed by atoms with E-state index < -0.39 is 6.09 Å². The van der Waals surface area contributed by atoms with Crippen molar-refractivity contribution in [3.8, 4) is 0 Å². The molecule has 0 bridgehead atoms. The topological polar surface area (TPSA) is 84.7 Å². The molecule has 2 amide bonds. The quantitative estimate of drug-likeness (QED) is 0.540. The van der Waals surface area contributed by atoms with Crippen LogP contribution in [0.15, 0.2) is 78.9 Å². The Morgan fingerprint density at radius 2 is 1.64 bits per heavy atom. The van der Waals surface area contributed by atoms with Crippen molar-refractivity contribution in [3.63, 3.8) is 0 Å². The van der Waals surface area contributed by atoms with Crippen molar-refractivity contribution in [2.24, 2.45) is 0 Å². The molecule has 6 heteroatoms. The van der Waals surface area contributed by atoms with Crippen LogP contribution in [0, 0.1) is 0 Å². The molecule has 170 valence electrons. The van der Waals surface area contributed by atoms with Gasteiger partial charge < -0.3 is 20.7 Å². The number of alkyl carbamates (subject to hydrolysis) is 1. The van der Waals surface area contributed by atoms with Crippen molar-refractivity contribution in [1.82, 2.24) is 10.2 Å². The number of anilines is 1. The Bertz CT molecular complexity index is 1090. The smallest absolute Gasteiger partial charge is 0.407 e. The predicted octanol–water partition coefficient (Wildman–Crippen LogP) is 4.72. The fourth-order valence-corrected chi connectivity index (χ4v) is 4.18. The molecule has 3 aromatic carbocycles. The lowest BCUT2D eigenvalue weighted by Crippen LogP contribution is -2.38. The first-order chi connectivity index (χ1) is 16.1. The van der Waals surface area contributed by atoms with Crippen LogP contribution in [0.1, 0.15) is 45.8 Å². The van der Waals surface area contributed by atoms with Gasteiger partial charge in [0.1, 0.15) is 6.61 Å². The van der Waals surface area contributed by atoms with Crippen molar-refractivity contribution in [2.45, 2.75) is 31.9 Å². The van der Waals surface area contributed by atoms with Gasteiger partial charge in [-0.15, -0.1) is 0 Å². The number of rotatable bonds is 6. The monoisotopic (exact) mass is 443 g/mol. The summed E-state index contributed by atoms with van der Waals surface area (Å²) in [5.41, 5.74) is 10.3. The fourth-order valence-electron chi connectivity index (χ4n) is 4.18. The number of carbonyl (C=O) groups is 2. The lowest BCUT2D eigenvalue weighted by molar-refractivity contribution is 0.0713. The fraction of sp³-hybridized carbons (Fsp3) is 0.259. The highest BCUT2D eigenvalue weighted by molar-refractivity contribution is 5.95. The maximum Gasteiger partial charge on any atom is 0.407 e. The predicted molar refractivity (Wildman–Crippen MR) is 129 cm³/mol. The first-order valence-corrected chi connectivity index (χ1v) is 11.3. The SMILES string of the molecule is Nc1cccc(C(=O)N2CCC(c3cccc(CNC(=O)OCc4ccccc4)c3)CC2)c1. The number of nitrogens with one attached hydrogen (secondary N) is 1. The number of nitrogen functional groups attached to an aromatic ring is 1. The van der Waals surface area contributed by atoms with E-state index in [9.17, 15) is 9.59 Å². The molecule has 0 spiro atoms. The third kappa shape index (κ3) is 6.13. The first-order valence-electron chi connectivity index (χ1n) is 11.3. The number of amides is 2. The number of hydrogen-bond donors (Lipinski definition) is 2. The Labute approximate surface area is 194 Å². The molecule has 0 unspecified atom stereocenters. The van der Waals surface area contributed by atoms with Crippen LogP contribution in [0.3, 0.4) is 0 Å². The van der Waals surface area contributed by atoms with Crippen molar-refractivity contribution < 1.29 is 14.3 Å². The molecule has 6 nitrogen and oxygen atoms in total. The van der Waals surface area contributed by atoms with Gasteiger partial charge in [0.05, 0.1) is 0 Å². The number of ether oxygens (including phenoxy) is 1. The van der Waals surface area contributed by atoms with Gasteiger partial charge in [0.25, 0.3) is 5.91 Å². The van der Waals surface area contributed by atoms with Gasteiger partial charge in [-0.2, -0.15) is 0 Å². The molecule has 0 radical (unpaired) electrons. The van der Waals surface area contributed by atoms with Gasteiger partial charge in [0.2, 0.25) is 0 Å². The molecule has 1 saturated heterocycles. The Morgan fingerprint density at radius 1 is 0.909 bits per heavy atom. The van der Waals surface area contributed by atoms with E-state index in [4.69, 9.17) is 10.5 Å². The van der Waals surface area contributed by atoms with Crippen molar-refractivity contribution in [2.75, 3.05) is 18.8 Å². The van der Waals surface area contributed by atoms with Crippen molar-refractivity contribution in [1.29, 1.82) is 0 Å². The molecule has 1 fully saturated rings. The first kappa shape index (κ1) is 22.4. The Hall–Kier alpha value is -3.80. The summed E-state index contributed by atoms with van der Waals surface area (Å²) in [7, 11) is 0. The minimum Gasteiger partial charge on any atom is -0.445 e. The van der Waals surface area contributed by atoms with Gasteiger partial charge in [0.15, 0.2) is 0 Å². The number of benzene rings is 3. The van der Waals surface area contributed by atoms with E-state index in [-0.39, 0.29) is 12.5 Å². The molecule has 33 heavy (non-hydrogen) atoms. The van der Waals surface area contributed by atoms with Gasteiger partial charge in [-0.25, -0.2) is 4.79 Å². The summed E-state index contributed by atoms with van der Waals surface area (Å²) in [6, 6.07) is 25.0. The zero-order valence-corrected chi connectivity index (χ0v) is 18.6. The summed E-state index contributed by atoms with van der Waals surface area (Å²) in [4.78, 5) is 26.7. The molecule has 1 aliphatic rings. The van der Waals surface area contributed by atoms with Crippen LogP contribution in [0.2, 0.25) is 0 Å². The Kier molecular flexibility index (Phi) is 7.25. The van der Waals surface area contributed by atoms with Crippen LogP contribution >= 0.6 is 0 Å². The van der Waals surface area contributed by atoms with Gasteiger partial charge >= 0.3 is 6.09 Å². The number of nitrogens with two attached hydrogens (primary N) is 1. The Balaban J connectivity index is 1.26. The Morgan fingerprint density at radius 3 is 2.39 bits per heavy atom.